The Labute approximate surface area is 155 Å². The highest BCUT2D eigenvalue weighted by Gasteiger charge is 2.15. The van der Waals surface area contributed by atoms with Gasteiger partial charge in [0.05, 0.1) is 10.6 Å². The third-order valence-electron chi connectivity index (χ3n) is 3.84. The van der Waals surface area contributed by atoms with E-state index in [1.165, 1.54) is 11.3 Å². The fourth-order valence-corrected chi connectivity index (χ4v) is 3.53. The van der Waals surface area contributed by atoms with Gasteiger partial charge in [-0.1, -0.05) is 35.6 Å². The molecule has 5 nitrogen and oxygen atoms in total. The van der Waals surface area contributed by atoms with Crippen molar-refractivity contribution in [2.75, 3.05) is 11.1 Å². The van der Waals surface area contributed by atoms with E-state index in [9.17, 15) is 0 Å². The van der Waals surface area contributed by atoms with Crippen LogP contribution in [0.3, 0.4) is 0 Å². The van der Waals surface area contributed by atoms with E-state index in [1.807, 2.05) is 67.6 Å². The van der Waals surface area contributed by atoms with Crippen LogP contribution in [0.4, 0.5) is 16.6 Å². The van der Waals surface area contributed by atoms with Gasteiger partial charge in [-0.05, 0) is 48.9 Å². The molecule has 3 aromatic heterocycles. The lowest BCUT2D eigenvalue weighted by Crippen LogP contribution is -1.94. The van der Waals surface area contributed by atoms with Crippen molar-refractivity contribution in [3.8, 4) is 21.8 Å². The molecule has 0 saturated heterocycles. The first kappa shape index (κ1) is 16.2. The number of anilines is 3. The van der Waals surface area contributed by atoms with E-state index in [1.54, 1.807) is 6.20 Å². The van der Waals surface area contributed by atoms with Crippen molar-refractivity contribution in [3.63, 3.8) is 0 Å². The number of hydrogen-bond acceptors (Lipinski definition) is 6. The van der Waals surface area contributed by atoms with Gasteiger partial charge in [-0.25, -0.2) is 9.97 Å². The van der Waals surface area contributed by atoms with Crippen LogP contribution in [0.5, 0.6) is 0 Å². The molecule has 0 fully saturated rings. The molecule has 0 aliphatic rings. The van der Waals surface area contributed by atoms with E-state index in [0.29, 0.717) is 5.13 Å². The average Bonchev–Trinajstić information content (AvgIpc) is 3.05. The van der Waals surface area contributed by atoms with Crippen molar-refractivity contribution in [2.24, 2.45) is 0 Å². The zero-order valence-electron chi connectivity index (χ0n) is 14.2. The van der Waals surface area contributed by atoms with Gasteiger partial charge in [0.2, 0.25) is 0 Å². The molecule has 0 spiro atoms. The summed E-state index contributed by atoms with van der Waals surface area (Å²) in [5.41, 5.74) is 10.6. The van der Waals surface area contributed by atoms with Gasteiger partial charge in [0.15, 0.2) is 5.13 Å². The summed E-state index contributed by atoms with van der Waals surface area (Å²) >= 11 is 1.45. The summed E-state index contributed by atoms with van der Waals surface area (Å²) in [5.74, 6) is 0.767. The van der Waals surface area contributed by atoms with Gasteiger partial charge in [-0.2, -0.15) is 0 Å². The quantitative estimate of drug-likeness (QED) is 0.542. The van der Waals surface area contributed by atoms with Crippen molar-refractivity contribution in [2.45, 2.75) is 6.92 Å². The molecule has 0 amide bonds. The van der Waals surface area contributed by atoms with Crippen molar-refractivity contribution >= 4 is 28.0 Å². The summed E-state index contributed by atoms with van der Waals surface area (Å²) in [5, 5.41) is 3.84. The van der Waals surface area contributed by atoms with Gasteiger partial charge in [0.1, 0.15) is 11.5 Å². The Balaban J connectivity index is 1.73. The number of thiazole rings is 1. The van der Waals surface area contributed by atoms with Crippen LogP contribution >= 0.6 is 11.3 Å². The topological polar surface area (TPSA) is 76.7 Å². The van der Waals surface area contributed by atoms with E-state index in [-0.39, 0.29) is 0 Å². The first-order chi connectivity index (χ1) is 12.7. The molecule has 1 aromatic carbocycles. The first-order valence-corrected chi connectivity index (χ1v) is 8.99. The highest BCUT2D eigenvalue weighted by atomic mass is 32.1. The Morgan fingerprint density at radius 1 is 0.962 bits per heavy atom. The number of pyridine rings is 2. The molecule has 0 saturated carbocycles. The lowest BCUT2D eigenvalue weighted by molar-refractivity contribution is 1.19. The molecular weight excluding hydrogens is 342 g/mol. The molecule has 4 rings (SSSR count). The van der Waals surface area contributed by atoms with Crippen LogP contribution in [0.2, 0.25) is 0 Å². The molecule has 0 bridgehead atoms. The number of rotatable bonds is 4. The normalized spacial score (nSPS) is 10.7. The predicted octanol–water partition coefficient (Wildman–Crippen LogP) is 4.90. The Kier molecular flexibility index (Phi) is 4.33. The molecule has 3 N–H and O–H groups in total. The van der Waals surface area contributed by atoms with E-state index in [4.69, 9.17) is 5.73 Å². The van der Waals surface area contributed by atoms with Gasteiger partial charge in [0, 0.05) is 17.6 Å². The van der Waals surface area contributed by atoms with Crippen LogP contribution < -0.4 is 11.1 Å². The number of nitrogens with one attached hydrogen (secondary N) is 1. The second-order valence-electron chi connectivity index (χ2n) is 5.81. The van der Waals surface area contributed by atoms with Crippen LogP contribution in [-0.2, 0) is 0 Å². The minimum Gasteiger partial charge on any atom is -0.375 e. The number of nitrogens with two attached hydrogens (primary N) is 1. The van der Waals surface area contributed by atoms with Crippen molar-refractivity contribution in [1.29, 1.82) is 0 Å². The van der Waals surface area contributed by atoms with Crippen LogP contribution in [-0.4, -0.2) is 15.0 Å². The van der Waals surface area contributed by atoms with Crippen LogP contribution in [0.15, 0.2) is 66.9 Å². The highest BCUT2D eigenvalue weighted by molar-refractivity contribution is 7.19. The minimum atomic E-state index is 0.521. The minimum absolute atomic E-state index is 0.521. The van der Waals surface area contributed by atoms with E-state index < -0.39 is 0 Å². The largest absolute Gasteiger partial charge is 0.375 e. The lowest BCUT2D eigenvalue weighted by atomic mass is 10.1. The van der Waals surface area contributed by atoms with Crippen molar-refractivity contribution in [3.05, 3.63) is 72.6 Å². The molecule has 0 aliphatic heterocycles. The smallest absolute Gasteiger partial charge is 0.181 e. The molecular formula is C20H17N5S. The molecule has 128 valence electrons. The summed E-state index contributed by atoms with van der Waals surface area (Å²) in [6.07, 6.45) is 1.78. The molecule has 6 heteroatoms. The number of para-hydroxylation sites is 1. The number of nitrogen functional groups attached to an aromatic ring is 1. The van der Waals surface area contributed by atoms with Crippen LogP contribution in [0.25, 0.3) is 21.8 Å². The van der Waals surface area contributed by atoms with Gasteiger partial charge in [-0.15, -0.1) is 0 Å². The van der Waals surface area contributed by atoms with Crippen molar-refractivity contribution in [1.82, 2.24) is 15.0 Å². The molecule has 0 aliphatic carbocycles. The second kappa shape index (κ2) is 6.93. The molecule has 3 heterocycles. The monoisotopic (exact) mass is 359 g/mol. The van der Waals surface area contributed by atoms with Gasteiger partial charge < -0.3 is 11.1 Å². The molecule has 0 unspecified atom stereocenters. The molecule has 0 radical (unpaired) electrons. The number of nitrogens with zero attached hydrogens (tertiary/aromatic N) is 3. The zero-order valence-corrected chi connectivity index (χ0v) is 15.0. The third-order valence-corrected chi connectivity index (χ3v) is 4.78. The van der Waals surface area contributed by atoms with E-state index >= 15 is 0 Å². The first-order valence-electron chi connectivity index (χ1n) is 8.18. The summed E-state index contributed by atoms with van der Waals surface area (Å²) in [6, 6.07) is 19.8. The standard InChI is InChI=1S/C20H17N5S/c1-13-6-5-9-16(23-13)18-19(26-20(21)25-18)14-10-11-22-17(12-14)24-15-7-3-2-4-8-15/h2-12H,1H3,(H2,21,25)(H,22,24). The fraction of sp³-hybridized carbons (Fsp3) is 0.0500. The van der Waals surface area contributed by atoms with Crippen molar-refractivity contribution < 1.29 is 0 Å². The maximum absolute atomic E-state index is 6.00. The molecule has 26 heavy (non-hydrogen) atoms. The maximum Gasteiger partial charge on any atom is 0.181 e. The maximum atomic E-state index is 6.00. The Morgan fingerprint density at radius 2 is 1.81 bits per heavy atom. The fourth-order valence-electron chi connectivity index (χ4n) is 2.69. The third kappa shape index (κ3) is 3.41. The van der Waals surface area contributed by atoms with E-state index in [2.05, 4.69) is 20.3 Å². The van der Waals surface area contributed by atoms with Crippen LogP contribution in [0.1, 0.15) is 5.69 Å². The summed E-state index contributed by atoms with van der Waals surface area (Å²) in [7, 11) is 0. The van der Waals surface area contributed by atoms with Crippen LogP contribution in [0, 0.1) is 6.92 Å². The average molecular weight is 359 g/mol. The number of hydrogen-bond donors (Lipinski definition) is 2. The number of aryl methyl sites for hydroxylation is 1. The number of benzene rings is 1. The Morgan fingerprint density at radius 3 is 2.62 bits per heavy atom. The van der Waals surface area contributed by atoms with Gasteiger partial charge in [-0.3, -0.25) is 4.98 Å². The lowest BCUT2D eigenvalue weighted by Gasteiger charge is -2.07. The molecule has 0 atom stereocenters. The highest BCUT2D eigenvalue weighted by Crippen LogP contribution is 2.38. The van der Waals surface area contributed by atoms with Gasteiger partial charge in [0.25, 0.3) is 0 Å². The Bertz CT molecular complexity index is 1040. The SMILES string of the molecule is Cc1cccc(-c2nc(N)sc2-c2ccnc(Nc3ccccc3)c2)n1. The summed E-state index contributed by atoms with van der Waals surface area (Å²) in [6.45, 7) is 1.97. The number of aromatic nitrogens is 3. The molecule has 4 aromatic rings. The van der Waals surface area contributed by atoms with E-state index in [0.717, 1.165) is 39.0 Å². The zero-order chi connectivity index (χ0) is 17.9. The predicted molar refractivity (Wildman–Crippen MR) is 107 cm³/mol. The van der Waals surface area contributed by atoms with Gasteiger partial charge >= 0.3 is 0 Å². The summed E-state index contributed by atoms with van der Waals surface area (Å²) in [4.78, 5) is 14.5. The summed E-state index contributed by atoms with van der Waals surface area (Å²) < 4.78 is 0. The second-order valence-corrected chi connectivity index (χ2v) is 6.85. The Hall–Kier alpha value is -3.25.